The maximum absolute atomic E-state index is 13.8. The average molecular weight is 497 g/mol. The third-order valence-electron chi connectivity index (χ3n) is 7.74. The summed E-state index contributed by atoms with van der Waals surface area (Å²) in [5.41, 5.74) is -0.622. The highest BCUT2D eigenvalue weighted by Gasteiger charge is 2.52. The van der Waals surface area contributed by atoms with Gasteiger partial charge in [0.05, 0.1) is 11.1 Å². The molecule has 2 aliphatic heterocycles. The number of rotatable bonds is 10. The Labute approximate surface area is 210 Å². The van der Waals surface area contributed by atoms with Crippen LogP contribution < -0.4 is 10.6 Å². The number of hydrogen-bond acceptors (Lipinski definition) is 6. The maximum atomic E-state index is 13.8. The third-order valence-corrected chi connectivity index (χ3v) is 8.09. The molecule has 8 heteroatoms. The molecule has 0 saturated heterocycles. The Kier molecular flexibility index (Phi) is 10.1. The number of aliphatic imine (C=N–C) groups is 1. The van der Waals surface area contributed by atoms with Crippen molar-refractivity contribution in [2.75, 3.05) is 13.1 Å². The SMILES string of the molecule is CCCCCC1(C(=O)N[C@@H](C)C2CCCCC2)N=C(C2=CC(Cl)CCN2CCC)NC(O)C1O. The Hall–Kier alpha value is -1.31. The molecule has 0 spiro atoms. The molecular weight excluding hydrogens is 452 g/mol. The second-order valence-corrected chi connectivity index (χ2v) is 10.9. The summed E-state index contributed by atoms with van der Waals surface area (Å²) in [6.07, 6.45) is 10.1. The zero-order valence-electron chi connectivity index (χ0n) is 21.2. The van der Waals surface area contributed by atoms with Crippen molar-refractivity contribution in [1.29, 1.82) is 0 Å². The Morgan fingerprint density at radius 3 is 2.65 bits per heavy atom. The Morgan fingerprint density at radius 2 is 1.97 bits per heavy atom. The van der Waals surface area contributed by atoms with Crippen LogP contribution in [0.5, 0.6) is 0 Å². The van der Waals surface area contributed by atoms with Gasteiger partial charge >= 0.3 is 0 Å². The number of carbonyl (C=O) groups excluding carboxylic acids is 1. The van der Waals surface area contributed by atoms with Crippen molar-refractivity contribution in [3.63, 3.8) is 0 Å². The minimum atomic E-state index is -1.43. The number of unbranched alkanes of at least 4 members (excludes halogenated alkanes) is 2. The molecule has 0 aromatic heterocycles. The number of amidine groups is 1. The molecule has 1 amide bonds. The van der Waals surface area contributed by atoms with Crippen LogP contribution in [0.4, 0.5) is 0 Å². The summed E-state index contributed by atoms with van der Waals surface area (Å²) < 4.78 is 0. The summed E-state index contributed by atoms with van der Waals surface area (Å²) in [6, 6.07) is 0.00596. The van der Waals surface area contributed by atoms with Crippen molar-refractivity contribution in [3.8, 4) is 0 Å². The monoisotopic (exact) mass is 496 g/mol. The van der Waals surface area contributed by atoms with Crippen LogP contribution in [0.25, 0.3) is 0 Å². The van der Waals surface area contributed by atoms with Gasteiger partial charge in [-0.05, 0) is 51.0 Å². The molecule has 7 nitrogen and oxygen atoms in total. The molecule has 5 atom stereocenters. The molecule has 0 radical (unpaired) electrons. The number of halogens is 1. The van der Waals surface area contributed by atoms with E-state index in [0.717, 1.165) is 63.7 Å². The minimum absolute atomic E-state index is 0.00596. The highest BCUT2D eigenvalue weighted by Crippen LogP contribution is 2.33. The summed E-state index contributed by atoms with van der Waals surface area (Å²) in [7, 11) is 0. The number of aliphatic hydroxyl groups excluding tert-OH is 2. The molecule has 3 rings (SSSR count). The van der Waals surface area contributed by atoms with Gasteiger partial charge in [0.1, 0.15) is 11.9 Å². The molecule has 1 aliphatic carbocycles. The Morgan fingerprint density at radius 1 is 1.24 bits per heavy atom. The van der Waals surface area contributed by atoms with E-state index in [1.165, 1.54) is 19.3 Å². The molecule has 1 fully saturated rings. The smallest absolute Gasteiger partial charge is 0.251 e. The van der Waals surface area contributed by atoms with E-state index in [-0.39, 0.29) is 17.3 Å². The molecule has 3 aliphatic rings. The van der Waals surface area contributed by atoms with Gasteiger partial charge in [-0.1, -0.05) is 52.4 Å². The fourth-order valence-electron chi connectivity index (χ4n) is 5.63. The second kappa shape index (κ2) is 12.6. The summed E-state index contributed by atoms with van der Waals surface area (Å²) in [5.74, 6) is 0.609. The summed E-state index contributed by atoms with van der Waals surface area (Å²) in [4.78, 5) is 21.0. The van der Waals surface area contributed by atoms with Gasteiger partial charge in [-0.15, -0.1) is 11.6 Å². The van der Waals surface area contributed by atoms with Crippen LogP contribution >= 0.6 is 11.6 Å². The fraction of sp³-hybridized carbons (Fsp3) is 0.846. The predicted molar refractivity (Wildman–Crippen MR) is 138 cm³/mol. The third kappa shape index (κ3) is 6.27. The summed E-state index contributed by atoms with van der Waals surface area (Å²) in [6.45, 7) is 7.92. The van der Waals surface area contributed by atoms with E-state index in [4.69, 9.17) is 16.6 Å². The van der Waals surface area contributed by atoms with Gasteiger partial charge in [-0.25, -0.2) is 4.99 Å². The molecular formula is C26H45ClN4O3. The zero-order valence-corrected chi connectivity index (χ0v) is 22.0. The Balaban J connectivity index is 1.95. The van der Waals surface area contributed by atoms with Crippen molar-refractivity contribution in [2.45, 2.75) is 121 Å². The van der Waals surface area contributed by atoms with Crippen molar-refractivity contribution in [2.24, 2.45) is 10.9 Å². The van der Waals surface area contributed by atoms with Gasteiger partial charge in [0.2, 0.25) is 0 Å². The molecule has 1 saturated carbocycles. The van der Waals surface area contributed by atoms with E-state index >= 15 is 0 Å². The quantitative estimate of drug-likeness (QED) is 0.273. The van der Waals surface area contributed by atoms with Crippen molar-refractivity contribution in [1.82, 2.24) is 15.5 Å². The minimum Gasteiger partial charge on any atom is -0.385 e. The lowest BCUT2D eigenvalue weighted by molar-refractivity contribution is -0.138. The lowest BCUT2D eigenvalue weighted by atomic mass is 9.81. The van der Waals surface area contributed by atoms with Crippen LogP contribution in [0.1, 0.15) is 91.4 Å². The molecule has 0 bridgehead atoms. The van der Waals surface area contributed by atoms with Crippen LogP contribution in [-0.4, -0.2) is 69.2 Å². The number of nitrogens with one attached hydrogen (secondary N) is 2. The van der Waals surface area contributed by atoms with E-state index in [9.17, 15) is 15.0 Å². The number of allylic oxidation sites excluding steroid dienone is 1. The van der Waals surface area contributed by atoms with Crippen molar-refractivity contribution < 1.29 is 15.0 Å². The van der Waals surface area contributed by atoms with E-state index in [1.807, 2.05) is 6.08 Å². The maximum Gasteiger partial charge on any atom is 0.251 e. The number of hydrogen-bond donors (Lipinski definition) is 4. The van der Waals surface area contributed by atoms with Crippen LogP contribution in [0.3, 0.4) is 0 Å². The molecule has 0 aromatic rings. The number of amides is 1. The number of carbonyl (C=O) groups is 1. The zero-order chi connectivity index (χ0) is 24.7. The van der Waals surface area contributed by atoms with E-state index in [2.05, 4.69) is 36.3 Å². The van der Waals surface area contributed by atoms with Gasteiger partial charge < -0.3 is 25.7 Å². The van der Waals surface area contributed by atoms with Crippen LogP contribution in [0, 0.1) is 5.92 Å². The van der Waals surface area contributed by atoms with E-state index in [0.29, 0.717) is 18.2 Å². The molecule has 194 valence electrons. The molecule has 4 N–H and O–H groups in total. The average Bonchev–Trinajstić information content (AvgIpc) is 2.83. The van der Waals surface area contributed by atoms with Crippen LogP contribution in [-0.2, 0) is 4.79 Å². The van der Waals surface area contributed by atoms with Gasteiger partial charge in [-0.3, -0.25) is 4.79 Å². The first-order valence-electron chi connectivity index (χ1n) is 13.5. The summed E-state index contributed by atoms with van der Waals surface area (Å²) in [5, 5.41) is 28.1. The topological polar surface area (TPSA) is 97.2 Å². The van der Waals surface area contributed by atoms with Crippen LogP contribution in [0.2, 0.25) is 0 Å². The van der Waals surface area contributed by atoms with Gasteiger partial charge in [0.15, 0.2) is 11.8 Å². The highest BCUT2D eigenvalue weighted by atomic mass is 35.5. The molecule has 4 unspecified atom stereocenters. The van der Waals surface area contributed by atoms with E-state index < -0.39 is 17.9 Å². The summed E-state index contributed by atoms with van der Waals surface area (Å²) >= 11 is 6.47. The van der Waals surface area contributed by atoms with Crippen LogP contribution in [0.15, 0.2) is 16.8 Å². The fourth-order valence-corrected chi connectivity index (χ4v) is 5.85. The normalized spacial score (nSPS) is 31.4. The highest BCUT2D eigenvalue weighted by molar-refractivity contribution is 6.22. The lowest BCUT2D eigenvalue weighted by Gasteiger charge is -2.43. The van der Waals surface area contributed by atoms with Gasteiger partial charge in [-0.2, -0.15) is 0 Å². The molecule has 34 heavy (non-hydrogen) atoms. The first-order valence-corrected chi connectivity index (χ1v) is 13.9. The van der Waals surface area contributed by atoms with E-state index in [1.54, 1.807) is 0 Å². The number of alkyl halides is 1. The largest absolute Gasteiger partial charge is 0.385 e. The predicted octanol–water partition coefficient (Wildman–Crippen LogP) is 3.68. The van der Waals surface area contributed by atoms with Gasteiger partial charge in [0.25, 0.3) is 5.91 Å². The number of aliphatic hydroxyl groups is 2. The van der Waals surface area contributed by atoms with Crippen molar-refractivity contribution in [3.05, 3.63) is 11.8 Å². The number of nitrogens with zero attached hydrogens (tertiary/aromatic N) is 2. The standard InChI is InChI=1S/C26H45ClN4O3/c1-4-6-10-14-26(25(34)28-18(3)19-11-8-7-9-12-19)22(32)24(33)29-23(30-26)21-17-20(27)13-16-31(21)15-5-2/h17-20,22,24,32-33H,4-16H2,1-3H3,(H,28,34)(H,29,30)/t18-,20?,22?,24?,26?/m0/s1. The lowest BCUT2D eigenvalue weighted by Crippen LogP contribution is -2.66. The van der Waals surface area contributed by atoms with Gasteiger partial charge in [0, 0.05) is 19.1 Å². The first-order chi connectivity index (χ1) is 16.3. The molecule has 2 heterocycles. The molecule has 0 aromatic carbocycles. The first kappa shape index (κ1) is 27.3. The van der Waals surface area contributed by atoms with Crippen molar-refractivity contribution >= 4 is 23.3 Å². The Bertz CT molecular complexity index is 740. The second-order valence-electron chi connectivity index (χ2n) is 10.4.